The maximum atomic E-state index is 13.2. The number of hydrogen-bond donors (Lipinski definition) is 1. The summed E-state index contributed by atoms with van der Waals surface area (Å²) in [5.41, 5.74) is 6.74. The molecule has 2 aromatic rings. The summed E-state index contributed by atoms with van der Waals surface area (Å²) in [4.78, 5) is 19.7. The Hall–Kier alpha value is -2.50. The van der Waals surface area contributed by atoms with E-state index in [2.05, 4.69) is 14.7 Å². The smallest absolute Gasteiger partial charge is 0.343 e. The van der Waals surface area contributed by atoms with Crippen molar-refractivity contribution in [3.05, 3.63) is 41.3 Å². The summed E-state index contributed by atoms with van der Waals surface area (Å²) in [7, 11) is 1.25. The van der Waals surface area contributed by atoms with Crippen LogP contribution in [-0.2, 0) is 4.74 Å². The summed E-state index contributed by atoms with van der Waals surface area (Å²) in [5, 5.41) is 0. The highest BCUT2D eigenvalue weighted by Gasteiger charge is 2.17. The lowest BCUT2D eigenvalue weighted by atomic mass is 10.1. The van der Waals surface area contributed by atoms with Gasteiger partial charge in [-0.25, -0.2) is 19.2 Å². The lowest BCUT2D eigenvalue weighted by molar-refractivity contribution is 0.0600. The van der Waals surface area contributed by atoms with Crippen LogP contribution < -0.4 is 5.73 Å². The van der Waals surface area contributed by atoms with E-state index in [1.807, 2.05) is 0 Å². The predicted molar refractivity (Wildman–Crippen MR) is 67.9 cm³/mol. The van der Waals surface area contributed by atoms with Gasteiger partial charge in [0, 0.05) is 5.56 Å². The van der Waals surface area contributed by atoms with E-state index in [9.17, 15) is 9.18 Å². The number of aromatic nitrogens is 2. The number of rotatable bonds is 2. The number of methoxy groups -OCH3 is 1. The minimum absolute atomic E-state index is 0.0126. The molecule has 0 aliphatic heterocycles. The molecule has 6 heteroatoms. The lowest BCUT2D eigenvalue weighted by Crippen LogP contribution is -2.12. The maximum Gasteiger partial charge on any atom is 0.343 e. The van der Waals surface area contributed by atoms with E-state index in [1.54, 1.807) is 19.1 Å². The van der Waals surface area contributed by atoms with Crippen LogP contribution in [0.3, 0.4) is 0 Å². The molecule has 0 bridgehead atoms. The molecule has 0 atom stereocenters. The molecule has 0 radical (unpaired) electrons. The topological polar surface area (TPSA) is 78.1 Å². The van der Waals surface area contributed by atoms with Gasteiger partial charge in [-0.15, -0.1) is 0 Å². The molecule has 2 N–H and O–H groups in total. The highest BCUT2D eigenvalue weighted by Crippen LogP contribution is 2.21. The average molecular weight is 261 g/mol. The molecule has 98 valence electrons. The second-order valence-electron chi connectivity index (χ2n) is 3.89. The average Bonchev–Trinajstić information content (AvgIpc) is 2.37. The number of carbonyl (C=O) groups is 1. The van der Waals surface area contributed by atoms with Crippen LogP contribution in [0, 0.1) is 12.7 Å². The van der Waals surface area contributed by atoms with Crippen molar-refractivity contribution in [3.8, 4) is 11.4 Å². The van der Waals surface area contributed by atoms with Gasteiger partial charge in [-0.3, -0.25) is 0 Å². The predicted octanol–water partition coefficient (Wildman–Crippen LogP) is 1.96. The van der Waals surface area contributed by atoms with Crippen molar-refractivity contribution in [1.82, 2.24) is 9.97 Å². The fraction of sp³-hybridized carbons (Fsp3) is 0.154. The fourth-order valence-electron chi connectivity index (χ4n) is 1.71. The maximum absolute atomic E-state index is 13.2. The monoisotopic (exact) mass is 261 g/mol. The van der Waals surface area contributed by atoms with Crippen molar-refractivity contribution >= 4 is 11.8 Å². The largest absolute Gasteiger partial charge is 0.465 e. The molecule has 1 aromatic heterocycles. The molecule has 19 heavy (non-hydrogen) atoms. The van der Waals surface area contributed by atoms with E-state index in [0.717, 1.165) is 0 Å². The number of anilines is 1. The Bertz CT molecular complexity index is 621. The lowest BCUT2D eigenvalue weighted by Gasteiger charge is -2.08. The third kappa shape index (κ3) is 2.52. The number of nitrogen functional groups attached to an aromatic ring is 1. The van der Waals surface area contributed by atoms with E-state index >= 15 is 0 Å². The van der Waals surface area contributed by atoms with Gasteiger partial charge in [-0.2, -0.15) is 0 Å². The quantitative estimate of drug-likeness (QED) is 0.836. The SMILES string of the molecule is COC(=O)c1c(C)nc(-c2cccc(F)c2)nc1N. The zero-order valence-corrected chi connectivity index (χ0v) is 10.5. The summed E-state index contributed by atoms with van der Waals surface area (Å²) in [5.74, 6) is -0.712. The van der Waals surface area contributed by atoms with Gasteiger partial charge in [0.05, 0.1) is 12.8 Å². The fourth-order valence-corrected chi connectivity index (χ4v) is 1.71. The van der Waals surface area contributed by atoms with Crippen LogP contribution in [0.5, 0.6) is 0 Å². The van der Waals surface area contributed by atoms with E-state index in [1.165, 1.54) is 19.2 Å². The number of esters is 1. The van der Waals surface area contributed by atoms with E-state index in [0.29, 0.717) is 11.3 Å². The standard InChI is InChI=1S/C13H12FN3O2/c1-7-10(13(18)19-2)11(15)17-12(16-7)8-4-3-5-9(14)6-8/h3-6H,1-2H3,(H2,15,16,17). The van der Waals surface area contributed by atoms with E-state index in [-0.39, 0.29) is 17.2 Å². The van der Waals surface area contributed by atoms with Gasteiger partial charge in [0.15, 0.2) is 5.82 Å². The third-order valence-corrected chi connectivity index (χ3v) is 2.59. The third-order valence-electron chi connectivity index (χ3n) is 2.59. The van der Waals surface area contributed by atoms with Crippen molar-refractivity contribution in [3.63, 3.8) is 0 Å². The summed E-state index contributed by atoms with van der Waals surface area (Å²) >= 11 is 0. The number of carbonyl (C=O) groups excluding carboxylic acids is 1. The van der Waals surface area contributed by atoms with Gasteiger partial charge in [0.2, 0.25) is 0 Å². The number of ether oxygens (including phenoxy) is 1. The van der Waals surface area contributed by atoms with Crippen LogP contribution in [0.4, 0.5) is 10.2 Å². The molecule has 0 fully saturated rings. The van der Waals surface area contributed by atoms with Crippen LogP contribution in [0.2, 0.25) is 0 Å². The highest BCUT2D eigenvalue weighted by molar-refractivity contribution is 5.95. The van der Waals surface area contributed by atoms with Crippen molar-refractivity contribution in [2.75, 3.05) is 12.8 Å². The summed E-state index contributed by atoms with van der Waals surface area (Å²) in [6.07, 6.45) is 0. The minimum atomic E-state index is -0.596. The number of halogens is 1. The van der Waals surface area contributed by atoms with E-state index < -0.39 is 11.8 Å². The number of hydrogen-bond acceptors (Lipinski definition) is 5. The van der Waals surface area contributed by atoms with Crippen LogP contribution in [0.25, 0.3) is 11.4 Å². The Morgan fingerprint density at radius 2 is 2.11 bits per heavy atom. The first-order chi connectivity index (χ1) is 9.02. The zero-order valence-electron chi connectivity index (χ0n) is 10.5. The zero-order chi connectivity index (χ0) is 14.0. The van der Waals surface area contributed by atoms with Crippen molar-refractivity contribution in [2.45, 2.75) is 6.92 Å². The first-order valence-electron chi connectivity index (χ1n) is 5.51. The number of nitrogens with zero attached hydrogens (tertiary/aromatic N) is 2. The van der Waals surface area contributed by atoms with E-state index in [4.69, 9.17) is 5.73 Å². The van der Waals surface area contributed by atoms with Gasteiger partial charge in [-0.05, 0) is 19.1 Å². The molecule has 0 amide bonds. The molecule has 0 aliphatic carbocycles. The van der Waals surface area contributed by atoms with Crippen LogP contribution in [0.15, 0.2) is 24.3 Å². The van der Waals surface area contributed by atoms with Crippen LogP contribution >= 0.6 is 0 Å². The van der Waals surface area contributed by atoms with Crippen molar-refractivity contribution in [2.24, 2.45) is 0 Å². The van der Waals surface area contributed by atoms with Crippen molar-refractivity contribution < 1.29 is 13.9 Å². The minimum Gasteiger partial charge on any atom is -0.465 e. The normalized spacial score (nSPS) is 10.3. The van der Waals surface area contributed by atoms with Crippen LogP contribution in [-0.4, -0.2) is 23.0 Å². The first-order valence-corrected chi connectivity index (χ1v) is 5.51. The Kier molecular flexibility index (Phi) is 3.41. The number of aryl methyl sites for hydroxylation is 1. The molecule has 0 saturated carbocycles. The summed E-state index contributed by atoms with van der Waals surface area (Å²) in [6, 6.07) is 5.83. The van der Waals surface area contributed by atoms with Gasteiger partial charge in [0.1, 0.15) is 17.2 Å². The van der Waals surface area contributed by atoms with Crippen LogP contribution in [0.1, 0.15) is 16.1 Å². The Morgan fingerprint density at radius 1 is 1.37 bits per heavy atom. The molecular formula is C13H12FN3O2. The molecule has 1 heterocycles. The summed E-state index contributed by atoms with van der Waals surface area (Å²) in [6.45, 7) is 1.62. The highest BCUT2D eigenvalue weighted by atomic mass is 19.1. The molecule has 0 saturated heterocycles. The molecule has 0 aliphatic rings. The molecule has 1 aromatic carbocycles. The van der Waals surface area contributed by atoms with Gasteiger partial charge < -0.3 is 10.5 Å². The molecule has 0 spiro atoms. The van der Waals surface area contributed by atoms with Gasteiger partial charge in [0.25, 0.3) is 0 Å². The second-order valence-corrected chi connectivity index (χ2v) is 3.89. The molecule has 5 nitrogen and oxygen atoms in total. The Morgan fingerprint density at radius 3 is 2.68 bits per heavy atom. The molecule has 0 unspecified atom stereocenters. The second kappa shape index (κ2) is 5.01. The van der Waals surface area contributed by atoms with Gasteiger partial charge >= 0.3 is 5.97 Å². The Balaban J connectivity index is 2.54. The summed E-state index contributed by atoms with van der Waals surface area (Å²) < 4.78 is 17.8. The number of nitrogens with two attached hydrogens (primary N) is 1. The molecular weight excluding hydrogens is 249 g/mol. The Labute approximate surface area is 109 Å². The molecule has 2 rings (SSSR count). The van der Waals surface area contributed by atoms with Crippen molar-refractivity contribution in [1.29, 1.82) is 0 Å². The first kappa shape index (κ1) is 12.9. The number of benzene rings is 1. The van der Waals surface area contributed by atoms with Gasteiger partial charge in [-0.1, -0.05) is 12.1 Å².